The minimum absolute atomic E-state index is 0.415. The average Bonchev–Trinajstić information content (AvgIpc) is 2.58. The monoisotopic (exact) mass is 218 g/mol. The molecule has 0 radical (unpaired) electrons. The van der Waals surface area contributed by atoms with E-state index in [0.29, 0.717) is 6.42 Å². The van der Waals surface area contributed by atoms with E-state index in [1.807, 2.05) is 25.1 Å². The molecule has 16 heavy (non-hydrogen) atoms. The lowest BCUT2D eigenvalue weighted by Gasteiger charge is -2.01. The van der Waals surface area contributed by atoms with E-state index in [2.05, 4.69) is 9.97 Å². The van der Waals surface area contributed by atoms with E-state index >= 15 is 0 Å². The zero-order valence-electron chi connectivity index (χ0n) is 9.32. The summed E-state index contributed by atoms with van der Waals surface area (Å²) in [6, 6.07) is 5.95. The molecule has 4 heteroatoms. The van der Waals surface area contributed by atoms with Crippen molar-refractivity contribution in [1.29, 1.82) is 0 Å². The van der Waals surface area contributed by atoms with E-state index in [0.717, 1.165) is 22.4 Å². The Labute approximate surface area is 93.3 Å². The third-order valence-electron chi connectivity index (χ3n) is 2.61. The summed E-state index contributed by atoms with van der Waals surface area (Å²) in [5.41, 5.74) is 3.01. The second kappa shape index (κ2) is 3.96. The number of benzene rings is 1. The fraction of sp³-hybridized carbons (Fsp3) is 0.333. The van der Waals surface area contributed by atoms with Crippen molar-refractivity contribution in [2.24, 2.45) is 5.92 Å². The number of aryl methyl sites for hydroxylation is 1. The molecule has 0 amide bonds. The first-order valence-corrected chi connectivity index (χ1v) is 5.24. The van der Waals surface area contributed by atoms with Gasteiger partial charge in [0.1, 0.15) is 5.82 Å². The van der Waals surface area contributed by atoms with Gasteiger partial charge in [-0.25, -0.2) is 4.98 Å². The molecule has 0 aliphatic carbocycles. The van der Waals surface area contributed by atoms with Crippen LogP contribution in [0.5, 0.6) is 0 Å². The first kappa shape index (κ1) is 10.7. The van der Waals surface area contributed by atoms with Gasteiger partial charge in [-0.3, -0.25) is 4.79 Å². The van der Waals surface area contributed by atoms with Gasteiger partial charge in [0.25, 0.3) is 0 Å². The van der Waals surface area contributed by atoms with E-state index < -0.39 is 11.9 Å². The molecule has 0 aliphatic rings. The van der Waals surface area contributed by atoms with Crippen LogP contribution in [0.2, 0.25) is 0 Å². The van der Waals surface area contributed by atoms with Crippen LogP contribution in [-0.4, -0.2) is 21.0 Å². The second-order valence-corrected chi connectivity index (χ2v) is 4.15. The number of aromatic nitrogens is 2. The number of hydrogen-bond donors (Lipinski definition) is 2. The molecule has 2 aromatic rings. The molecule has 1 heterocycles. The van der Waals surface area contributed by atoms with Gasteiger partial charge in [-0.1, -0.05) is 13.0 Å². The zero-order chi connectivity index (χ0) is 11.7. The van der Waals surface area contributed by atoms with Crippen molar-refractivity contribution < 1.29 is 9.90 Å². The third-order valence-corrected chi connectivity index (χ3v) is 2.61. The van der Waals surface area contributed by atoms with Crippen molar-refractivity contribution >= 4 is 17.0 Å². The minimum Gasteiger partial charge on any atom is -0.481 e. The van der Waals surface area contributed by atoms with Gasteiger partial charge >= 0.3 is 5.97 Å². The lowest BCUT2D eigenvalue weighted by molar-refractivity contribution is -0.141. The van der Waals surface area contributed by atoms with Crippen LogP contribution in [0, 0.1) is 12.8 Å². The Morgan fingerprint density at radius 1 is 1.56 bits per heavy atom. The van der Waals surface area contributed by atoms with Gasteiger partial charge < -0.3 is 10.1 Å². The quantitative estimate of drug-likeness (QED) is 0.829. The Morgan fingerprint density at radius 2 is 2.31 bits per heavy atom. The van der Waals surface area contributed by atoms with Crippen LogP contribution in [-0.2, 0) is 11.2 Å². The van der Waals surface area contributed by atoms with Crippen molar-refractivity contribution in [3.8, 4) is 0 Å². The number of fused-ring (bicyclic) bond motifs is 1. The Bertz CT molecular complexity index is 531. The van der Waals surface area contributed by atoms with Gasteiger partial charge in [0.2, 0.25) is 0 Å². The predicted molar refractivity (Wildman–Crippen MR) is 61.3 cm³/mol. The smallest absolute Gasteiger partial charge is 0.306 e. The molecular weight excluding hydrogens is 204 g/mol. The number of carboxylic acid groups (broad SMARTS) is 1. The number of carboxylic acids is 1. The topological polar surface area (TPSA) is 66.0 Å². The first-order chi connectivity index (χ1) is 7.56. The normalized spacial score (nSPS) is 12.9. The summed E-state index contributed by atoms with van der Waals surface area (Å²) < 4.78 is 0. The number of H-pyrrole nitrogens is 1. The van der Waals surface area contributed by atoms with Crippen LogP contribution in [0.15, 0.2) is 18.2 Å². The molecule has 2 rings (SSSR count). The number of imidazole rings is 1. The Kier molecular flexibility index (Phi) is 2.64. The summed E-state index contributed by atoms with van der Waals surface area (Å²) in [7, 11) is 0. The van der Waals surface area contributed by atoms with Gasteiger partial charge in [0.15, 0.2) is 0 Å². The number of hydrogen-bond acceptors (Lipinski definition) is 2. The summed E-state index contributed by atoms with van der Waals surface area (Å²) in [5.74, 6) is -0.478. The zero-order valence-corrected chi connectivity index (χ0v) is 9.32. The van der Waals surface area contributed by atoms with Crippen LogP contribution in [0.25, 0.3) is 11.0 Å². The van der Waals surface area contributed by atoms with Crippen LogP contribution in [0.4, 0.5) is 0 Å². The van der Waals surface area contributed by atoms with E-state index in [9.17, 15) is 4.79 Å². The van der Waals surface area contributed by atoms with E-state index in [4.69, 9.17) is 5.11 Å². The maximum Gasteiger partial charge on any atom is 0.306 e. The highest BCUT2D eigenvalue weighted by atomic mass is 16.4. The molecule has 1 aromatic heterocycles. The van der Waals surface area contributed by atoms with Crippen LogP contribution < -0.4 is 0 Å². The second-order valence-electron chi connectivity index (χ2n) is 4.15. The summed E-state index contributed by atoms with van der Waals surface area (Å²) in [4.78, 5) is 18.2. The molecule has 0 fully saturated rings. The van der Waals surface area contributed by atoms with E-state index in [1.165, 1.54) is 0 Å². The molecule has 0 bridgehead atoms. The Morgan fingerprint density at radius 3 is 3.00 bits per heavy atom. The average molecular weight is 218 g/mol. The van der Waals surface area contributed by atoms with Crippen LogP contribution in [0.3, 0.4) is 0 Å². The van der Waals surface area contributed by atoms with Crippen molar-refractivity contribution in [3.05, 3.63) is 29.6 Å². The van der Waals surface area contributed by atoms with Gasteiger partial charge in [0, 0.05) is 6.42 Å². The number of aliphatic carboxylic acids is 1. The third kappa shape index (κ3) is 2.05. The lowest BCUT2D eigenvalue weighted by atomic mass is 10.1. The largest absolute Gasteiger partial charge is 0.481 e. The summed E-state index contributed by atoms with van der Waals surface area (Å²) in [6.45, 7) is 3.70. The van der Waals surface area contributed by atoms with Gasteiger partial charge in [0.05, 0.1) is 17.0 Å². The van der Waals surface area contributed by atoms with Gasteiger partial charge in [-0.15, -0.1) is 0 Å². The SMILES string of the molecule is Cc1ccc2nc(CC(C)C(=O)O)[nH]c2c1. The molecule has 0 saturated heterocycles. The van der Waals surface area contributed by atoms with E-state index in [-0.39, 0.29) is 0 Å². The van der Waals surface area contributed by atoms with Crippen molar-refractivity contribution in [3.63, 3.8) is 0 Å². The minimum atomic E-state index is -0.795. The summed E-state index contributed by atoms with van der Waals surface area (Å²) >= 11 is 0. The fourth-order valence-corrected chi connectivity index (χ4v) is 1.65. The molecule has 1 aromatic carbocycles. The highest BCUT2D eigenvalue weighted by Gasteiger charge is 2.14. The standard InChI is InChI=1S/C12H14N2O2/c1-7-3-4-9-10(5-7)14-11(13-9)6-8(2)12(15)16/h3-5,8H,6H2,1-2H3,(H,13,14)(H,15,16). The molecule has 1 atom stereocenters. The van der Waals surface area contributed by atoms with Gasteiger partial charge in [-0.05, 0) is 24.6 Å². The summed E-state index contributed by atoms with van der Waals surface area (Å²) in [5, 5.41) is 8.82. The molecular formula is C12H14N2O2. The lowest BCUT2D eigenvalue weighted by Crippen LogP contribution is -2.12. The molecule has 1 unspecified atom stereocenters. The van der Waals surface area contributed by atoms with Crippen LogP contribution >= 0.6 is 0 Å². The summed E-state index contributed by atoms with van der Waals surface area (Å²) in [6.07, 6.45) is 0.434. The molecule has 4 nitrogen and oxygen atoms in total. The fourth-order valence-electron chi connectivity index (χ4n) is 1.65. The van der Waals surface area contributed by atoms with Crippen molar-refractivity contribution in [1.82, 2.24) is 9.97 Å². The molecule has 84 valence electrons. The van der Waals surface area contributed by atoms with Crippen molar-refractivity contribution in [2.45, 2.75) is 20.3 Å². The Hall–Kier alpha value is -1.84. The maximum absolute atomic E-state index is 10.7. The van der Waals surface area contributed by atoms with Gasteiger partial charge in [-0.2, -0.15) is 0 Å². The number of rotatable bonds is 3. The highest BCUT2D eigenvalue weighted by Crippen LogP contribution is 2.15. The molecule has 0 aliphatic heterocycles. The van der Waals surface area contributed by atoms with Crippen LogP contribution in [0.1, 0.15) is 18.3 Å². The highest BCUT2D eigenvalue weighted by molar-refractivity contribution is 5.76. The maximum atomic E-state index is 10.7. The van der Waals surface area contributed by atoms with Crippen molar-refractivity contribution in [2.75, 3.05) is 0 Å². The van der Waals surface area contributed by atoms with E-state index in [1.54, 1.807) is 6.92 Å². The predicted octanol–water partition coefficient (Wildman–Crippen LogP) is 2.13. The first-order valence-electron chi connectivity index (χ1n) is 5.24. The Balaban J connectivity index is 2.29. The number of carbonyl (C=O) groups is 1. The number of nitrogens with one attached hydrogen (secondary N) is 1. The molecule has 0 saturated carbocycles. The number of nitrogens with zero attached hydrogens (tertiary/aromatic N) is 1. The molecule has 0 spiro atoms. The molecule has 2 N–H and O–H groups in total. The number of aromatic amines is 1.